The molecule has 1 N–H and O–H groups in total. The lowest BCUT2D eigenvalue weighted by Gasteiger charge is -2.32. The van der Waals surface area contributed by atoms with E-state index < -0.39 is 0 Å². The predicted molar refractivity (Wildman–Crippen MR) is 122 cm³/mol. The minimum absolute atomic E-state index is 0.217. The Hall–Kier alpha value is -3.28. The Kier molecular flexibility index (Phi) is 5.37. The second kappa shape index (κ2) is 8.34. The van der Waals surface area contributed by atoms with E-state index in [9.17, 15) is 9.18 Å². The van der Waals surface area contributed by atoms with E-state index in [2.05, 4.69) is 16.9 Å². The Morgan fingerprint density at radius 2 is 1.97 bits per heavy atom. The third kappa shape index (κ3) is 3.64. The van der Waals surface area contributed by atoms with Gasteiger partial charge < -0.3 is 9.72 Å². The van der Waals surface area contributed by atoms with Crippen LogP contribution in [0.15, 0.2) is 48.7 Å². The number of para-hydroxylation sites is 1. The molecule has 0 saturated heterocycles. The van der Waals surface area contributed by atoms with E-state index in [1.54, 1.807) is 18.2 Å². The molecule has 0 amide bonds. The van der Waals surface area contributed by atoms with Gasteiger partial charge >= 0.3 is 5.97 Å². The number of fused-ring (bicyclic) bond motifs is 2. The Bertz CT molecular complexity index is 1290. The van der Waals surface area contributed by atoms with E-state index in [0.717, 1.165) is 47.9 Å². The monoisotopic (exact) mass is 431 g/mol. The molecule has 1 atom stereocenters. The van der Waals surface area contributed by atoms with Crippen LogP contribution >= 0.6 is 0 Å². The number of aromatic amines is 1. The molecule has 6 heteroatoms. The van der Waals surface area contributed by atoms with Gasteiger partial charge in [0.15, 0.2) is 0 Å². The molecule has 1 saturated carbocycles. The van der Waals surface area contributed by atoms with Crippen LogP contribution in [0.4, 0.5) is 4.39 Å². The van der Waals surface area contributed by atoms with Crippen molar-refractivity contribution in [3.8, 4) is 0 Å². The lowest BCUT2D eigenvalue weighted by Crippen LogP contribution is -2.19. The van der Waals surface area contributed by atoms with E-state index >= 15 is 0 Å². The fourth-order valence-electron chi connectivity index (χ4n) is 5.19. The number of imidazole rings is 1. The number of nitrogens with zero attached hydrogens (tertiary/aromatic N) is 2. The molecule has 0 unspecified atom stereocenters. The first-order chi connectivity index (χ1) is 15.5. The van der Waals surface area contributed by atoms with Crippen LogP contribution in [0, 0.1) is 11.7 Å². The van der Waals surface area contributed by atoms with Gasteiger partial charge in [-0.2, -0.15) is 0 Å². The SMILES string of the molecule is COC(=O)c1cccc2[nH]c([C@@H](C)[C@H]3CC[C@@H](c4ccnc5ccc(F)cc54)CC3)nc12. The molecular weight excluding hydrogens is 405 g/mol. The maximum Gasteiger partial charge on any atom is 0.340 e. The molecule has 1 aliphatic carbocycles. The van der Waals surface area contributed by atoms with Crippen LogP contribution in [0.1, 0.15) is 66.2 Å². The number of carbonyl (C=O) groups excluding carboxylic acids is 1. The van der Waals surface area contributed by atoms with Crippen molar-refractivity contribution in [3.05, 3.63) is 71.4 Å². The zero-order valence-corrected chi connectivity index (χ0v) is 18.3. The average Bonchev–Trinajstić information content (AvgIpc) is 3.27. The number of pyridine rings is 1. The summed E-state index contributed by atoms with van der Waals surface area (Å²) in [5, 5.41) is 0.927. The lowest BCUT2D eigenvalue weighted by atomic mass is 9.73. The quantitative estimate of drug-likeness (QED) is 0.396. The lowest BCUT2D eigenvalue weighted by molar-refractivity contribution is 0.0603. The van der Waals surface area contributed by atoms with Gasteiger partial charge in [0.1, 0.15) is 17.2 Å². The Morgan fingerprint density at radius 3 is 2.75 bits per heavy atom. The third-order valence-corrected chi connectivity index (χ3v) is 7.02. The number of H-pyrrole nitrogens is 1. The molecule has 1 fully saturated rings. The van der Waals surface area contributed by atoms with Crippen LogP contribution in [0.3, 0.4) is 0 Å². The van der Waals surface area contributed by atoms with Gasteiger partial charge in [0.2, 0.25) is 0 Å². The van der Waals surface area contributed by atoms with E-state index in [-0.39, 0.29) is 17.7 Å². The second-order valence-corrected chi connectivity index (χ2v) is 8.78. The summed E-state index contributed by atoms with van der Waals surface area (Å²) in [6, 6.07) is 12.4. The highest BCUT2D eigenvalue weighted by molar-refractivity contribution is 6.01. The van der Waals surface area contributed by atoms with Crippen molar-refractivity contribution in [3.63, 3.8) is 0 Å². The van der Waals surface area contributed by atoms with Crippen LogP contribution in [0.5, 0.6) is 0 Å². The van der Waals surface area contributed by atoms with Crippen molar-refractivity contribution >= 4 is 27.9 Å². The standard InChI is InChI=1S/C26H26FN3O2/c1-15(25-29-23-5-3-4-20(24(23)30-25)26(31)32-2)16-6-8-17(9-7-16)19-12-13-28-22-11-10-18(27)14-21(19)22/h3-5,10-17H,6-9H2,1-2H3,(H,29,30)/t15-,16-,17+/m0/s1. The fraction of sp³-hybridized carbons (Fsp3) is 0.346. The summed E-state index contributed by atoms with van der Waals surface area (Å²) in [6.45, 7) is 2.21. The highest BCUT2D eigenvalue weighted by atomic mass is 19.1. The number of nitrogens with one attached hydrogen (secondary N) is 1. The number of aromatic nitrogens is 3. The smallest absolute Gasteiger partial charge is 0.340 e. The van der Waals surface area contributed by atoms with Crippen molar-refractivity contribution in [2.75, 3.05) is 7.11 Å². The second-order valence-electron chi connectivity index (χ2n) is 8.78. The number of ether oxygens (including phenoxy) is 1. The third-order valence-electron chi connectivity index (χ3n) is 7.02. The highest BCUT2D eigenvalue weighted by Gasteiger charge is 2.29. The molecule has 32 heavy (non-hydrogen) atoms. The van der Waals surface area contributed by atoms with Gasteiger partial charge in [-0.1, -0.05) is 13.0 Å². The van der Waals surface area contributed by atoms with Crippen molar-refractivity contribution in [1.29, 1.82) is 0 Å². The molecule has 2 aromatic heterocycles. The predicted octanol–water partition coefficient (Wildman–Crippen LogP) is 6.11. The summed E-state index contributed by atoms with van der Waals surface area (Å²) in [6.07, 6.45) is 6.09. The average molecular weight is 432 g/mol. The normalized spacial score (nSPS) is 19.8. The van der Waals surface area contributed by atoms with E-state index in [0.29, 0.717) is 22.9 Å². The van der Waals surface area contributed by atoms with Gasteiger partial charge in [-0.05, 0) is 79.5 Å². The summed E-state index contributed by atoms with van der Waals surface area (Å²) in [4.78, 5) is 24.7. The minimum Gasteiger partial charge on any atom is -0.465 e. The highest BCUT2D eigenvalue weighted by Crippen LogP contribution is 2.43. The van der Waals surface area contributed by atoms with Crippen LogP contribution < -0.4 is 0 Å². The van der Waals surface area contributed by atoms with Crippen molar-refractivity contribution < 1.29 is 13.9 Å². The van der Waals surface area contributed by atoms with Crippen molar-refractivity contribution in [1.82, 2.24) is 15.0 Å². The number of halogens is 1. The first-order valence-electron chi connectivity index (χ1n) is 11.2. The summed E-state index contributed by atoms with van der Waals surface area (Å²) in [5.41, 5.74) is 4.06. The first kappa shape index (κ1) is 20.6. The Morgan fingerprint density at radius 1 is 1.16 bits per heavy atom. The molecule has 4 aromatic rings. The molecule has 0 bridgehead atoms. The molecule has 164 valence electrons. The largest absolute Gasteiger partial charge is 0.465 e. The number of carbonyl (C=O) groups is 1. The van der Waals surface area contributed by atoms with Gasteiger partial charge in [-0.3, -0.25) is 4.98 Å². The Labute approximate surface area is 186 Å². The number of hydrogen-bond acceptors (Lipinski definition) is 4. The zero-order valence-electron chi connectivity index (χ0n) is 18.3. The zero-order chi connectivity index (χ0) is 22.2. The van der Waals surface area contributed by atoms with Gasteiger partial charge in [0.25, 0.3) is 0 Å². The minimum atomic E-state index is -0.372. The van der Waals surface area contributed by atoms with Gasteiger partial charge in [0.05, 0.1) is 23.7 Å². The van der Waals surface area contributed by atoms with Crippen LogP contribution in [-0.4, -0.2) is 28.0 Å². The van der Waals surface area contributed by atoms with E-state index in [4.69, 9.17) is 9.72 Å². The number of rotatable bonds is 4. The summed E-state index contributed by atoms with van der Waals surface area (Å²) >= 11 is 0. The first-order valence-corrected chi connectivity index (χ1v) is 11.2. The van der Waals surface area contributed by atoms with E-state index in [1.807, 2.05) is 24.4 Å². The number of hydrogen-bond donors (Lipinski definition) is 1. The maximum absolute atomic E-state index is 13.9. The molecule has 2 aromatic carbocycles. The van der Waals surface area contributed by atoms with Gasteiger partial charge in [-0.25, -0.2) is 14.2 Å². The van der Waals surface area contributed by atoms with Crippen molar-refractivity contribution in [2.45, 2.75) is 44.4 Å². The summed E-state index contributed by atoms with van der Waals surface area (Å²) in [7, 11) is 1.39. The van der Waals surface area contributed by atoms with Gasteiger partial charge in [0, 0.05) is 17.5 Å². The van der Waals surface area contributed by atoms with Crippen LogP contribution in [0.2, 0.25) is 0 Å². The number of benzene rings is 2. The topological polar surface area (TPSA) is 67.9 Å². The van der Waals surface area contributed by atoms with Crippen LogP contribution in [0.25, 0.3) is 21.9 Å². The van der Waals surface area contributed by atoms with Crippen LogP contribution in [-0.2, 0) is 4.74 Å². The molecule has 0 aliphatic heterocycles. The van der Waals surface area contributed by atoms with Crippen molar-refractivity contribution in [2.24, 2.45) is 5.92 Å². The molecule has 0 radical (unpaired) electrons. The molecule has 5 nitrogen and oxygen atoms in total. The number of esters is 1. The summed E-state index contributed by atoms with van der Waals surface area (Å²) < 4.78 is 18.8. The molecule has 2 heterocycles. The van der Waals surface area contributed by atoms with E-state index in [1.165, 1.54) is 18.7 Å². The van der Waals surface area contributed by atoms with Gasteiger partial charge in [-0.15, -0.1) is 0 Å². The maximum atomic E-state index is 13.9. The molecular formula is C26H26FN3O2. The summed E-state index contributed by atoms with van der Waals surface area (Å²) in [5.74, 6) is 1.48. The molecule has 0 spiro atoms. The molecule has 5 rings (SSSR count). The molecule has 1 aliphatic rings. The number of methoxy groups -OCH3 is 1. The fourth-order valence-corrected chi connectivity index (χ4v) is 5.19. The Balaban J connectivity index is 1.35.